The molecule has 0 bridgehead atoms. The lowest BCUT2D eigenvalue weighted by molar-refractivity contribution is -0.150. The predicted molar refractivity (Wildman–Crippen MR) is 78.5 cm³/mol. The summed E-state index contributed by atoms with van der Waals surface area (Å²) in [5.41, 5.74) is -0.469. The highest BCUT2D eigenvalue weighted by molar-refractivity contribution is 5.81. The number of carbonyl (C=O) groups is 1. The van der Waals surface area contributed by atoms with Crippen LogP contribution in [0.15, 0.2) is 0 Å². The van der Waals surface area contributed by atoms with Crippen molar-refractivity contribution in [1.82, 2.24) is 5.32 Å². The van der Waals surface area contributed by atoms with Crippen molar-refractivity contribution in [2.45, 2.75) is 57.4 Å². The Morgan fingerprint density at radius 2 is 2.00 bits per heavy atom. The molecule has 4 heteroatoms. The van der Waals surface area contributed by atoms with E-state index in [1.54, 1.807) is 0 Å². The number of methoxy groups -OCH3 is 1. The van der Waals surface area contributed by atoms with Crippen molar-refractivity contribution in [3.8, 4) is 0 Å². The minimum Gasteiger partial charge on any atom is -0.468 e. The number of ether oxygens (including phenoxy) is 2. The van der Waals surface area contributed by atoms with Crippen LogP contribution in [0.1, 0.15) is 51.9 Å². The molecule has 0 aromatic carbocycles. The first-order chi connectivity index (χ1) is 9.73. The summed E-state index contributed by atoms with van der Waals surface area (Å²) in [5.74, 6) is 1.17. The van der Waals surface area contributed by atoms with Gasteiger partial charge in [-0.05, 0) is 44.1 Å². The van der Waals surface area contributed by atoms with E-state index in [0.717, 1.165) is 51.4 Å². The smallest absolute Gasteiger partial charge is 0.326 e. The molecule has 0 radical (unpaired) electrons. The van der Waals surface area contributed by atoms with Crippen LogP contribution in [0.5, 0.6) is 0 Å². The SMILES string of the molecule is CCNC1(C(=O)OC)CCCC1CCOCCC1CC1. The van der Waals surface area contributed by atoms with Gasteiger partial charge in [0, 0.05) is 13.2 Å². The van der Waals surface area contributed by atoms with Crippen molar-refractivity contribution >= 4 is 5.97 Å². The predicted octanol–water partition coefficient (Wildman–Crippen LogP) is 2.51. The van der Waals surface area contributed by atoms with E-state index in [0.29, 0.717) is 5.92 Å². The van der Waals surface area contributed by atoms with Gasteiger partial charge in [0.15, 0.2) is 0 Å². The summed E-state index contributed by atoms with van der Waals surface area (Å²) >= 11 is 0. The first kappa shape index (κ1) is 15.8. The standard InChI is InChI=1S/C16H29NO3/c1-3-17-16(15(18)19-2)10-4-5-14(16)9-12-20-11-8-13-6-7-13/h13-14,17H,3-12H2,1-2H3. The van der Waals surface area contributed by atoms with Crippen molar-refractivity contribution < 1.29 is 14.3 Å². The molecule has 4 nitrogen and oxygen atoms in total. The molecule has 2 rings (SSSR count). The number of nitrogens with one attached hydrogen (secondary N) is 1. The van der Waals surface area contributed by atoms with Gasteiger partial charge in [-0.2, -0.15) is 0 Å². The second-order valence-corrected chi connectivity index (χ2v) is 6.22. The molecule has 0 saturated heterocycles. The maximum atomic E-state index is 12.2. The van der Waals surface area contributed by atoms with E-state index < -0.39 is 5.54 Å². The Balaban J connectivity index is 1.78. The zero-order valence-corrected chi connectivity index (χ0v) is 13.0. The number of hydrogen-bond donors (Lipinski definition) is 1. The number of hydrogen-bond acceptors (Lipinski definition) is 4. The molecule has 2 unspecified atom stereocenters. The van der Waals surface area contributed by atoms with E-state index >= 15 is 0 Å². The number of rotatable bonds is 9. The summed E-state index contributed by atoms with van der Waals surface area (Å²) in [4.78, 5) is 12.2. The zero-order valence-electron chi connectivity index (χ0n) is 13.0. The van der Waals surface area contributed by atoms with E-state index in [1.165, 1.54) is 26.4 Å². The van der Waals surface area contributed by atoms with Crippen molar-refractivity contribution in [2.24, 2.45) is 11.8 Å². The monoisotopic (exact) mass is 283 g/mol. The molecule has 2 aliphatic rings. The largest absolute Gasteiger partial charge is 0.468 e. The summed E-state index contributed by atoms with van der Waals surface area (Å²) in [6, 6.07) is 0. The lowest BCUT2D eigenvalue weighted by atomic mass is 9.84. The molecule has 1 N–H and O–H groups in total. The molecule has 20 heavy (non-hydrogen) atoms. The summed E-state index contributed by atoms with van der Waals surface area (Å²) in [6.07, 6.45) is 8.01. The van der Waals surface area contributed by atoms with Gasteiger partial charge in [0.05, 0.1) is 7.11 Å². The zero-order chi connectivity index (χ0) is 14.4. The molecular formula is C16H29NO3. The van der Waals surface area contributed by atoms with Gasteiger partial charge in [0.1, 0.15) is 5.54 Å². The maximum absolute atomic E-state index is 12.2. The molecule has 0 heterocycles. The quantitative estimate of drug-likeness (QED) is 0.522. The van der Waals surface area contributed by atoms with Crippen molar-refractivity contribution in [2.75, 3.05) is 26.9 Å². The average Bonchev–Trinajstić information content (AvgIpc) is 3.19. The van der Waals surface area contributed by atoms with Crippen LogP contribution >= 0.6 is 0 Å². The van der Waals surface area contributed by atoms with Crippen LogP contribution in [-0.2, 0) is 14.3 Å². The highest BCUT2D eigenvalue weighted by Crippen LogP contribution is 2.39. The molecule has 0 aromatic heterocycles. The van der Waals surface area contributed by atoms with E-state index in [1.807, 2.05) is 6.92 Å². The van der Waals surface area contributed by atoms with Crippen LogP contribution in [0.4, 0.5) is 0 Å². The van der Waals surface area contributed by atoms with Crippen molar-refractivity contribution in [3.63, 3.8) is 0 Å². The van der Waals surface area contributed by atoms with Gasteiger partial charge in [-0.15, -0.1) is 0 Å². The topological polar surface area (TPSA) is 47.6 Å². The molecule has 0 amide bonds. The molecule has 0 aromatic rings. The van der Waals surface area contributed by atoms with Crippen LogP contribution in [0.3, 0.4) is 0 Å². The Morgan fingerprint density at radius 1 is 1.25 bits per heavy atom. The lowest BCUT2D eigenvalue weighted by Crippen LogP contribution is -2.55. The van der Waals surface area contributed by atoms with Crippen LogP contribution in [0, 0.1) is 11.8 Å². The first-order valence-electron chi connectivity index (χ1n) is 8.14. The van der Waals surface area contributed by atoms with E-state index in [4.69, 9.17) is 9.47 Å². The van der Waals surface area contributed by atoms with Gasteiger partial charge in [-0.3, -0.25) is 4.79 Å². The Bertz CT molecular complexity index is 317. The van der Waals surface area contributed by atoms with Crippen LogP contribution < -0.4 is 5.32 Å². The number of likely N-dealkylation sites (N-methyl/N-ethyl adjacent to an activating group) is 1. The fraction of sp³-hybridized carbons (Fsp3) is 0.938. The Hall–Kier alpha value is -0.610. The van der Waals surface area contributed by atoms with Gasteiger partial charge in [-0.1, -0.05) is 26.2 Å². The van der Waals surface area contributed by atoms with Crippen LogP contribution in [0.2, 0.25) is 0 Å². The third-order valence-electron chi connectivity index (χ3n) is 4.84. The third-order valence-corrected chi connectivity index (χ3v) is 4.84. The van der Waals surface area contributed by atoms with E-state index in [9.17, 15) is 4.79 Å². The lowest BCUT2D eigenvalue weighted by Gasteiger charge is -2.33. The maximum Gasteiger partial charge on any atom is 0.326 e. The van der Waals surface area contributed by atoms with Crippen LogP contribution in [-0.4, -0.2) is 38.4 Å². The van der Waals surface area contributed by atoms with E-state index in [2.05, 4.69) is 5.32 Å². The van der Waals surface area contributed by atoms with Crippen molar-refractivity contribution in [3.05, 3.63) is 0 Å². The normalized spacial score (nSPS) is 29.6. The minimum atomic E-state index is -0.469. The second-order valence-electron chi connectivity index (χ2n) is 6.22. The van der Waals surface area contributed by atoms with Gasteiger partial charge >= 0.3 is 5.97 Å². The average molecular weight is 283 g/mol. The summed E-state index contributed by atoms with van der Waals surface area (Å²) < 4.78 is 10.8. The van der Waals surface area contributed by atoms with Gasteiger partial charge in [-0.25, -0.2) is 0 Å². The molecule has 2 aliphatic carbocycles. The van der Waals surface area contributed by atoms with Gasteiger partial charge < -0.3 is 14.8 Å². The molecule has 2 fully saturated rings. The van der Waals surface area contributed by atoms with E-state index in [-0.39, 0.29) is 5.97 Å². The highest BCUT2D eigenvalue weighted by Gasteiger charge is 2.48. The third kappa shape index (κ3) is 3.73. The summed E-state index contributed by atoms with van der Waals surface area (Å²) in [6.45, 7) is 4.49. The molecule has 2 atom stereocenters. The summed E-state index contributed by atoms with van der Waals surface area (Å²) in [5, 5.41) is 3.40. The van der Waals surface area contributed by atoms with Crippen molar-refractivity contribution in [1.29, 1.82) is 0 Å². The summed E-state index contributed by atoms with van der Waals surface area (Å²) in [7, 11) is 1.49. The molecule has 116 valence electrons. The van der Waals surface area contributed by atoms with Gasteiger partial charge in [0.2, 0.25) is 0 Å². The number of esters is 1. The fourth-order valence-corrected chi connectivity index (χ4v) is 3.52. The highest BCUT2D eigenvalue weighted by atomic mass is 16.5. The first-order valence-corrected chi connectivity index (χ1v) is 8.14. The van der Waals surface area contributed by atoms with Gasteiger partial charge in [0.25, 0.3) is 0 Å². The molecule has 2 saturated carbocycles. The molecule has 0 spiro atoms. The second kappa shape index (κ2) is 7.41. The number of carbonyl (C=O) groups excluding carboxylic acids is 1. The Labute approximate surface area is 122 Å². The Kier molecular flexibility index (Phi) is 5.85. The minimum absolute atomic E-state index is 0.0974. The molecular weight excluding hydrogens is 254 g/mol. The molecule has 0 aliphatic heterocycles. The fourth-order valence-electron chi connectivity index (χ4n) is 3.52. The van der Waals surface area contributed by atoms with Crippen LogP contribution in [0.25, 0.3) is 0 Å². The Morgan fingerprint density at radius 3 is 2.65 bits per heavy atom.